The molecule has 102 valence electrons. The third-order valence-corrected chi connectivity index (χ3v) is 4.11. The molecular weight excluding hydrogens is 344 g/mol. The lowest BCUT2D eigenvalue weighted by atomic mass is 10.1. The number of rotatable bonds is 5. The van der Waals surface area contributed by atoms with Gasteiger partial charge in [0.25, 0.3) is 0 Å². The number of carbonyl (C=O) groups excluding carboxylic acids is 2. The molecule has 2 aromatic rings. The number of thiophene rings is 1. The molecule has 1 aromatic carbocycles. The highest BCUT2D eigenvalue weighted by Crippen LogP contribution is 2.27. The first-order valence-corrected chi connectivity index (χ1v) is 7.28. The van der Waals surface area contributed by atoms with Crippen molar-refractivity contribution >= 4 is 44.8 Å². The van der Waals surface area contributed by atoms with Gasteiger partial charge in [-0.15, -0.1) is 11.3 Å². The van der Waals surface area contributed by atoms with Crippen LogP contribution in [0.2, 0.25) is 0 Å². The third kappa shape index (κ3) is 3.40. The zero-order valence-electron chi connectivity index (χ0n) is 10.1. The summed E-state index contributed by atoms with van der Waals surface area (Å²) in [5, 5.41) is 10.3. The Hall–Kier alpha value is -1.79. The Labute approximate surface area is 127 Å². The van der Waals surface area contributed by atoms with Gasteiger partial charge >= 0.3 is 5.97 Å². The van der Waals surface area contributed by atoms with Crippen molar-refractivity contribution in [2.75, 3.05) is 0 Å². The molecule has 0 saturated carbocycles. The molecule has 1 aromatic heterocycles. The van der Waals surface area contributed by atoms with Crippen LogP contribution in [-0.2, 0) is 9.59 Å². The summed E-state index contributed by atoms with van der Waals surface area (Å²) >= 11 is 4.55. The van der Waals surface area contributed by atoms with Crippen molar-refractivity contribution < 1.29 is 19.5 Å². The number of carboxylic acids is 1. The predicted octanol–water partition coefficient (Wildman–Crippen LogP) is 3.40. The van der Waals surface area contributed by atoms with Crippen LogP contribution in [0.5, 0.6) is 0 Å². The molecule has 0 spiro atoms. The number of hydrogen-bond acceptors (Lipinski definition) is 4. The van der Waals surface area contributed by atoms with Gasteiger partial charge in [0.05, 0.1) is 11.3 Å². The molecule has 2 rings (SSSR count). The molecular formula is C14H9BrO4S. The van der Waals surface area contributed by atoms with Crippen molar-refractivity contribution in [1.82, 2.24) is 0 Å². The zero-order valence-corrected chi connectivity index (χ0v) is 12.5. The number of halogens is 1. The summed E-state index contributed by atoms with van der Waals surface area (Å²) < 4.78 is 0.958. The molecule has 0 atom stereocenters. The standard InChI is InChI=1S/C14H9BrO4S/c15-10-3-1-8(2-4-10)9-5-13(20-7-9)11(16)6-12(17)14(18)19/h1-5,7H,6H2,(H,18,19). The van der Waals surface area contributed by atoms with Gasteiger partial charge in [-0.1, -0.05) is 28.1 Å². The van der Waals surface area contributed by atoms with E-state index in [1.807, 2.05) is 29.6 Å². The van der Waals surface area contributed by atoms with Crippen molar-refractivity contribution in [1.29, 1.82) is 0 Å². The van der Waals surface area contributed by atoms with Crippen molar-refractivity contribution in [3.63, 3.8) is 0 Å². The third-order valence-electron chi connectivity index (χ3n) is 2.61. The van der Waals surface area contributed by atoms with Crippen molar-refractivity contribution in [3.8, 4) is 11.1 Å². The predicted molar refractivity (Wildman–Crippen MR) is 79.0 cm³/mol. The average molecular weight is 353 g/mol. The molecule has 0 fully saturated rings. The summed E-state index contributed by atoms with van der Waals surface area (Å²) in [6, 6.07) is 9.27. The van der Waals surface area contributed by atoms with Crippen LogP contribution in [-0.4, -0.2) is 22.6 Å². The average Bonchev–Trinajstić information content (AvgIpc) is 2.89. The van der Waals surface area contributed by atoms with Crippen LogP contribution in [0.25, 0.3) is 11.1 Å². The van der Waals surface area contributed by atoms with E-state index in [0.717, 1.165) is 15.6 Å². The minimum absolute atomic E-state index is 0.387. The molecule has 20 heavy (non-hydrogen) atoms. The van der Waals surface area contributed by atoms with Gasteiger partial charge in [0.2, 0.25) is 5.78 Å². The minimum atomic E-state index is -1.58. The number of ketones is 2. The van der Waals surface area contributed by atoms with E-state index in [-0.39, 0.29) is 0 Å². The Morgan fingerprint density at radius 2 is 1.75 bits per heavy atom. The van der Waals surface area contributed by atoms with Gasteiger partial charge in [0.15, 0.2) is 5.78 Å². The molecule has 0 aliphatic carbocycles. The first-order chi connectivity index (χ1) is 9.47. The van der Waals surface area contributed by atoms with Gasteiger partial charge in [-0.05, 0) is 34.7 Å². The number of hydrogen-bond donors (Lipinski definition) is 1. The quantitative estimate of drug-likeness (QED) is 0.508. The molecule has 0 bridgehead atoms. The summed E-state index contributed by atoms with van der Waals surface area (Å²) in [6.45, 7) is 0. The van der Waals surface area contributed by atoms with E-state index in [2.05, 4.69) is 15.9 Å². The largest absolute Gasteiger partial charge is 0.475 e. The highest BCUT2D eigenvalue weighted by Gasteiger charge is 2.19. The van der Waals surface area contributed by atoms with Gasteiger partial charge in [-0.25, -0.2) is 4.79 Å². The summed E-state index contributed by atoms with van der Waals surface area (Å²) in [6.07, 6.45) is -0.602. The molecule has 1 N–H and O–H groups in total. The maximum atomic E-state index is 11.8. The van der Waals surface area contributed by atoms with Gasteiger partial charge in [-0.2, -0.15) is 0 Å². The van der Waals surface area contributed by atoms with Gasteiger partial charge in [-0.3, -0.25) is 9.59 Å². The van der Waals surface area contributed by atoms with Crippen molar-refractivity contribution in [3.05, 3.63) is 45.1 Å². The van der Waals surface area contributed by atoms with E-state index < -0.39 is 24.0 Å². The maximum Gasteiger partial charge on any atom is 0.372 e. The van der Waals surface area contributed by atoms with E-state index in [1.54, 1.807) is 6.07 Å². The lowest BCUT2D eigenvalue weighted by molar-refractivity contribution is -0.148. The van der Waals surface area contributed by atoms with Gasteiger partial charge in [0, 0.05) is 4.47 Å². The Morgan fingerprint density at radius 1 is 1.10 bits per heavy atom. The number of benzene rings is 1. The fraction of sp³-hybridized carbons (Fsp3) is 0.0714. The van der Waals surface area contributed by atoms with Crippen LogP contribution in [0, 0.1) is 0 Å². The fourth-order valence-corrected chi connectivity index (χ4v) is 2.71. The van der Waals surface area contributed by atoms with Gasteiger partial charge < -0.3 is 5.11 Å². The number of carbonyl (C=O) groups is 3. The van der Waals surface area contributed by atoms with E-state index in [9.17, 15) is 14.4 Å². The van der Waals surface area contributed by atoms with Crippen LogP contribution in [0.4, 0.5) is 0 Å². The monoisotopic (exact) mass is 352 g/mol. The Morgan fingerprint density at radius 3 is 2.35 bits per heavy atom. The maximum absolute atomic E-state index is 11.8. The van der Waals surface area contributed by atoms with Crippen LogP contribution >= 0.6 is 27.3 Å². The topological polar surface area (TPSA) is 71.4 Å². The summed E-state index contributed by atoms with van der Waals surface area (Å²) in [4.78, 5) is 33.6. The molecule has 4 nitrogen and oxygen atoms in total. The Kier molecular flexibility index (Phi) is 4.46. The lowest BCUT2D eigenvalue weighted by Crippen LogP contribution is -2.16. The minimum Gasteiger partial charge on any atom is -0.475 e. The first-order valence-electron chi connectivity index (χ1n) is 5.61. The SMILES string of the molecule is O=C(O)C(=O)CC(=O)c1cc(-c2ccc(Br)cc2)cs1. The zero-order chi connectivity index (χ0) is 14.7. The molecule has 6 heteroatoms. The first kappa shape index (κ1) is 14.6. The van der Waals surface area contributed by atoms with Crippen molar-refractivity contribution in [2.45, 2.75) is 6.42 Å². The van der Waals surface area contributed by atoms with Crippen LogP contribution in [0.1, 0.15) is 16.1 Å². The van der Waals surface area contributed by atoms with Crippen LogP contribution in [0.15, 0.2) is 40.2 Å². The second-order valence-corrected chi connectivity index (χ2v) is 5.86. The highest BCUT2D eigenvalue weighted by molar-refractivity contribution is 9.10. The van der Waals surface area contributed by atoms with Crippen LogP contribution < -0.4 is 0 Å². The lowest BCUT2D eigenvalue weighted by Gasteiger charge is -1.97. The molecule has 1 heterocycles. The summed E-state index contributed by atoms with van der Waals surface area (Å²) in [7, 11) is 0. The fourth-order valence-electron chi connectivity index (χ4n) is 1.58. The normalized spacial score (nSPS) is 10.2. The van der Waals surface area contributed by atoms with E-state index in [0.29, 0.717) is 4.88 Å². The molecule has 0 unspecified atom stereocenters. The second kappa shape index (κ2) is 6.11. The Bertz CT molecular complexity index is 673. The molecule has 0 radical (unpaired) electrons. The highest BCUT2D eigenvalue weighted by atomic mass is 79.9. The van der Waals surface area contributed by atoms with E-state index >= 15 is 0 Å². The number of carboxylic acid groups (broad SMARTS) is 1. The molecule has 0 aliphatic heterocycles. The molecule has 0 aliphatic rings. The smallest absolute Gasteiger partial charge is 0.372 e. The van der Waals surface area contributed by atoms with Crippen molar-refractivity contribution in [2.24, 2.45) is 0 Å². The van der Waals surface area contributed by atoms with E-state index in [4.69, 9.17) is 5.11 Å². The molecule has 0 saturated heterocycles. The van der Waals surface area contributed by atoms with E-state index in [1.165, 1.54) is 11.3 Å². The molecule has 0 amide bonds. The number of Topliss-reactive ketones (excluding diaryl/α,β-unsaturated/α-hetero) is 2. The number of aliphatic carboxylic acids is 1. The Balaban J connectivity index is 2.16. The summed E-state index contributed by atoms with van der Waals surface area (Å²) in [5.74, 6) is -3.14. The summed E-state index contributed by atoms with van der Waals surface area (Å²) in [5.41, 5.74) is 1.82. The van der Waals surface area contributed by atoms with Crippen LogP contribution in [0.3, 0.4) is 0 Å². The van der Waals surface area contributed by atoms with Gasteiger partial charge in [0.1, 0.15) is 0 Å². The second-order valence-electron chi connectivity index (χ2n) is 4.03.